The van der Waals surface area contributed by atoms with Crippen LogP contribution in [-0.2, 0) is 4.79 Å². The van der Waals surface area contributed by atoms with Crippen LogP contribution in [0, 0.1) is 0 Å². The normalized spacial score (nSPS) is 16.4. The Morgan fingerprint density at radius 3 is 2.74 bits per heavy atom. The fourth-order valence-electron chi connectivity index (χ4n) is 2.30. The van der Waals surface area contributed by atoms with Crippen LogP contribution in [0.5, 0.6) is 5.75 Å². The van der Waals surface area contributed by atoms with E-state index in [-0.39, 0.29) is 12.5 Å². The van der Waals surface area contributed by atoms with Crippen molar-refractivity contribution < 1.29 is 14.6 Å². The largest absolute Gasteiger partial charge is 0.483 e. The number of amides is 1. The first-order valence-corrected chi connectivity index (χ1v) is 6.90. The Bertz CT molecular complexity index is 427. The van der Waals surface area contributed by atoms with Gasteiger partial charge in [0.15, 0.2) is 6.61 Å². The molecule has 0 radical (unpaired) electrons. The van der Waals surface area contributed by atoms with Crippen molar-refractivity contribution in [1.82, 2.24) is 4.90 Å². The van der Waals surface area contributed by atoms with Crippen molar-refractivity contribution in [2.24, 2.45) is 0 Å². The van der Waals surface area contributed by atoms with Gasteiger partial charge in [0.2, 0.25) is 0 Å². The van der Waals surface area contributed by atoms with Gasteiger partial charge in [0.05, 0.1) is 6.10 Å². The average Bonchev–Trinajstić information content (AvgIpc) is 2.98. The topological polar surface area (TPSA) is 49.8 Å². The lowest BCUT2D eigenvalue weighted by Gasteiger charge is -2.18. The number of carbonyl (C=O) groups excluding carboxylic acids is 1. The van der Waals surface area contributed by atoms with Crippen LogP contribution in [0.1, 0.15) is 37.9 Å². The molecule has 1 aromatic carbocycles. The molecule has 0 aromatic heterocycles. The van der Waals surface area contributed by atoms with Crippen LogP contribution in [0.15, 0.2) is 24.3 Å². The molecule has 1 aromatic rings. The lowest BCUT2D eigenvalue weighted by molar-refractivity contribution is -0.132. The summed E-state index contributed by atoms with van der Waals surface area (Å²) in [5.74, 6) is 0.627. The minimum absolute atomic E-state index is 0.0262. The van der Waals surface area contributed by atoms with Crippen LogP contribution in [0.4, 0.5) is 0 Å². The molecule has 1 fully saturated rings. The number of aliphatic hydroxyl groups is 1. The number of para-hydroxylation sites is 1. The van der Waals surface area contributed by atoms with Crippen LogP contribution in [-0.4, -0.2) is 35.6 Å². The highest BCUT2D eigenvalue weighted by molar-refractivity contribution is 5.78. The molecule has 1 unspecified atom stereocenters. The number of ether oxygens (including phenoxy) is 1. The van der Waals surface area contributed by atoms with Gasteiger partial charge in [-0.1, -0.05) is 25.1 Å². The van der Waals surface area contributed by atoms with E-state index < -0.39 is 6.10 Å². The zero-order valence-corrected chi connectivity index (χ0v) is 11.3. The van der Waals surface area contributed by atoms with Crippen molar-refractivity contribution in [2.75, 3.05) is 19.7 Å². The first-order valence-electron chi connectivity index (χ1n) is 6.90. The Kier molecular flexibility index (Phi) is 4.80. The van der Waals surface area contributed by atoms with E-state index in [9.17, 15) is 9.90 Å². The second-order valence-electron chi connectivity index (χ2n) is 4.84. The van der Waals surface area contributed by atoms with Crippen molar-refractivity contribution in [2.45, 2.75) is 32.3 Å². The maximum absolute atomic E-state index is 11.9. The third-order valence-corrected chi connectivity index (χ3v) is 3.47. The fourth-order valence-corrected chi connectivity index (χ4v) is 2.30. The summed E-state index contributed by atoms with van der Waals surface area (Å²) >= 11 is 0. The van der Waals surface area contributed by atoms with Gasteiger partial charge in [0.1, 0.15) is 5.75 Å². The number of nitrogens with zero attached hydrogens (tertiary/aromatic N) is 1. The van der Waals surface area contributed by atoms with E-state index >= 15 is 0 Å². The van der Waals surface area contributed by atoms with Gasteiger partial charge in [-0.05, 0) is 25.3 Å². The zero-order valence-electron chi connectivity index (χ0n) is 11.3. The Hall–Kier alpha value is -1.55. The highest BCUT2D eigenvalue weighted by Gasteiger charge is 2.19. The molecule has 4 nitrogen and oxygen atoms in total. The quantitative estimate of drug-likeness (QED) is 0.885. The van der Waals surface area contributed by atoms with Crippen molar-refractivity contribution in [1.29, 1.82) is 0 Å². The molecular formula is C15H21NO3. The molecule has 0 bridgehead atoms. The lowest BCUT2D eigenvalue weighted by Crippen LogP contribution is -2.32. The smallest absolute Gasteiger partial charge is 0.260 e. The zero-order chi connectivity index (χ0) is 13.7. The molecule has 19 heavy (non-hydrogen) atoms. The number of carbonyl (C=O) groups is 1. The summed E-state index contributed by atoms with van der Waals surface area (Å²) in [6.45, 7) is 3.63. The molecule has 1 aliphatic rings. The first-order chi connectivity index (χ1) is 9.22. The van der Waals surface area contributed by atoms with Crippen LogP contribution in [0.25, 0.3) is 0 Å². The molecule has 1 atom stereocenters. The number of hydrogen-bond donors (Lipinski definition) is 1. The van der Waals surface area contributed by atoms with Gasteiger partial charge >= 0.3 is 0 Å². The third-order valence-electron chi connectivity index (χ3n) is 3.47. The molecule has 1 amide bonds. The SMILES string of the molecule is CCC(O)c1ccccc1OCC(=O)N1CCCC1. The second-order valence-corrected chi connectivity index (χ2v) is 4.84. The van der Waals surface area contributed by atoms with Gasteiger partial charge in [-0.25, -0.2) is 0 Å². The van der Waals surface area contributed by atoms with Crippen LogP contribution < -0.4 is 4.74 Å². The molecule has 1 aliphatic heterocycles. The molecule has 1 saturated heterocycles. The summed E-state index contributed by atoms with van der Waals surface area (Å²) in [6, 6.07) is 7.35. The molecule has 104 valence electrons. The minimum atomic E-state index is -0.543. The third kappa shape index (κ3) is 3.47. The van der Waals surface area contributed by atoms with Crippen molar-refractivity contribution in [3.05, 3.63) is 29.8 Å². The Morgan fingerprint density at radius 2 is 2.05 bits per heavy atom. The molecule has 0 aliphatic carbocycles. The molecule has 0 saturated carbocycles. The van der Waals surface area contributed by atoms with E-state index in [1.807, 2.05) is 30.0 Å². The predicted molar refractivity (Wildman–Crippen MR) is 73.0 cm³/mol. The van der Waals surface area contributed by atoms with Crippen molar-refractivity contribution >= 4 is 5.91 Å². The Labute approximate surface area is 114 Å². The number of likely N-dealkylation sites (tertiary alicyclic amines) is 1. The van der Waals surface area contributed by atoms with Gasteiger partial charge < -0.3 is 14.7 Å². The van der Waals surface area contributed by atoms with E-state index in [1.54, 1.807) is 6.07 Å². The summed E-state index contributed by atoms with van der Waals surface area (Å²) in [4.78, 5) is 13.7. The van der Waals surface area contributed by atoms with Gasteiger partial charge in [0.25, 0.3) is 5.91 Å². The highest BCUT2D eigenvalue weighted by atomic mass is 16.5. The Balaban J connectivity index is 1.97. The number of aliphatic hydroxyl groups excluding tert-OH is 1. The van der Waals surface area contributed by atoms with E-state index in [1.165, 1.54) is 0 Å². The standard InChI is InChI=1S/C15H21NO3/c1-2-13(17)12-7-3-4-8-14(12)19-11-15(18)16-9-5-6-10-16/h3-4,7-8,13,17H,2,5-6,9-11H2,1H3. The van der Waals surface area contributed by atoms with Gasteiger partial charge in [0, 0.05) is 18.7 Å². The number of benzene rings is 1. The van der Waals surface area contributed by atoms with Crippen LogP contribution in [0.3, 0.4) is 0 Å². The number of hydrogen-bond acceptors (Lipinski definition) is 3. The predicted octanol–water partition coefficient (Wildman–Crippen LogP) is 2.13. The highest BCUT2D eigenvalue weighted by Crippen LogP contribution is 2.26. The van der Waals surface area contributed by atoms with E-state index in [4.69, 9.17) is 4.74 Å². The molecule has 1 heterocycles. The van der Waals surface area contributed by atoms with Crippen LogP contribution >= 0.6 is 0 Å². The summed E-state index contributed by atoms with van der Waals surface area (Å²) < 4.78 is 5.58. The average molecular weight is 263 g/mol. The summed E-state index contributed by atoms with van der Waals surface area (Å²) in [5.41, 5.74) is 0.749. The molecule has 1 N–H and O–H groups in total. The maximum atomic E-state index is 11.9. The number of rotatable bonds is 5. The summed E-state index contributed by atoms with van der Waals surface area (Å²) in [7, 11) is 0. The van der Waals surface area contributed by atoms with Gasteiger partial charge in [-0.15, -0.1) is 0 Å². The van der Waals surface area contributed by atoms with Crippen molar-refractivity contribution in [3.8, 4) is 5.75 Å². The van der Waals surface area contributed by atoms with Crippen LogP contribution in [0.2, 0.25) is 0 Å². The summed E-state index contributed by atoms with van der Waals surface area (Å²) in [5, 5.41) is 9.91. The van der Waals surface area contributed by atoms with E-state index in [2.05, 4.69) is 0 Å². The second kappa shape index (κ2) is 6.57. The van der Waals surface area contributed by atoms with Crippen molar-refractivity contribution in [3.63, 3.8) is 0 Å². The lowest BCUT2D eigenvalue weighted by atomic mass is 10.1. The Morgan fingerprint density at radius 1 is 1.37 bits per heavy atom. The first kappa shape index (κ1) is 13.9. The summed E-state index contributed by atoms with van der Waals surface area (Å²) in [6.07, 6.45) is 2.24. The minimum Gasteiger partial charge on any atom is -0.483 e. The van der Waals surface area contributed by atoms with E-state index in [0.29, 0.717) is 12.2 Å². The fraction of sp³-hybridized carbons (Fsp3) is 0.533. The molecule has 2 rings (SSSR count). The maximum Gasteiger partial charge on any atom is 0.260 e. The van der Waals surface area contributed by atoms with Gasteiger partial charge in [-0.3, -0.25) is 4.79 Å². The molecular weight excluding hydrogens is 242 g/mol. The monoisotopic (exact) mass is 263 g/mol. The van der Waals surface area contributed by atoms with E-state index in [0.717, 1.165) is 31.5 Å². The molecule has 4 heteroatoms. The molecule has 0 spiro atoms. The van der Waals surface area contributed by atoms with Gasteiger partial charge in [-0.2, -0.15) is 0 Å².